The van der Waals surface area contributed by atoms with Gasteiger partial charge in [-0.15, -0.1) is 41.3 Å². The fourth-order valence-corrected chi connectivity index (χ4v) is 6.80. The SMILES string of the molecule is CC(C)(C)c1ccnc(-n2c3[c-]c(-n4c5[c-]c(-c6ccccn6)ccc5c5ccccc5oc5ccccc54)ccc3c3ccccc32)c1.[Pt+2]. The van der Waals surface area contributed by atoms with E-state index in [0.29, 0.717) is 0 Å². The van der Waals surface area contributed by atoms with E-state index < -0.39 is 0 Å². The topological polar surface area (TPSA) is 48.8 Å². The number of rotatable bonds is 3. The van der Waals surface area contributed by atoms with Crippen LogP contribution in [0.15, 0.2) is 144 Å². The van der Waals surface area contributed by atoms with E-state index in [-0.39, 0.29) is 26.5 Å². The molecule has 0 bridgehead atoms. The second-order valence-corrected chi connectivity index (χ2v) is 13.4. The monoisotopic (exact) mass is 827 g/mol. The molecule has 4 heterocycles. The van der Waals surface area contributed by atoms with Gasteiger partial charge in [0.25, 0.3) is 0 Å². The fourth-order valence-electron chi connectivity index (χ4n) is 6.80. The van der Waals surface area contributed by atoms with Crippen molar-refractivity contribution >= 4 is 54.8 Å². The number of pyridine rings is 2. The summed E-state index contributed by atoms with van der Waals surface area (Å²) in [4.78, 5) is 9.57. The first-order chi connectivity index (χ1) is 23.9. The van der Waals surface area contributed by atoms with Gasteiger partial charge in [0, 0.05) is 17.9 Å². The molecule has 9 aromatic rings. The Morgan fingerprint density at radius 3 is 2.04 bits per heavy atom. The van der Waals surface area contributed by atoms with Gasteiger partial charge in [0.15, 0.2) is 5.58 Å². The molecule has 0 aliphatic heterocycles. The first-order valence-electron chi connectivity index (χ1n) is 16.5. The van der Waals surface area contributed by atoms with Crippen LogP contribution in [0.25, 0.3) is 77.5 Å². The summed E-state index contributed by atoms with van der Waals surface area (Å²) in [5.41, 5.74) is 9.14. The molecule has 5 aromatic carbocycles. The number of fused-ring (bicyclic) bond motifs is 7. The van der Waals surface area contributed by atoms with Crippen LogP contribution in [0.2, 0.25) is 0 Å². The van der Waals surface area contributed by atoms with Crippen LogP contribution in [0.5, 0.6) is 0 Å². The smallest absolute Gasteiger partial charge is 0.455 e. The molecule has 0 radical (unpaired) electrons. The summed E-state index contributed by atoms with van der Waals surface area (Å²) in [6.07, 6.45) is 3.73. The maximum absolute atomic E-state index is 6.68. The Morgan fingerprint density at radius 2 is 1.24 bits per heavy atom. The summed E-state index contributed by atoms with van der Waals surface area (Å²) < 4.78 is 11.1. The molecule has 0 aliphatic rings. The minimum Gasteiger partial charge on any atom is -0.455 e. The van der Waals surface area contributed by atoms with Crippen LogP contribution in [0.3, 0.4) is 0 Å². The quantitative estimate of drug-likeness (QED) is 0.167. The summed E-state index contributed by atoms with van der Waals surface area (Å²) in [7, 11) is 0. The maximum Gasteiger partial charge on any atom is 2.00 e. The van der Waals surface area contributed by atoms with Gasteiger partial charge in [-0.3, -0.25) is 0 Å². The fraction of sp³-hybridized carbons (Fsp3) is 0.0909. The average molecular weight is 828 g/mol. The van der Waals surface area contributed by atoms with Crippen molar-refractivity contribution in [1.29, 1.82) is 0 Å². The van der Waals surface area contributed by atoms with E-state index in [2.05, 4.69) is 120 Å². The van der Waals surface area contributed by atoms with Gasteiger partial charge in [-0.1, -0.05) is 98.0 Å². The molecule has 0 fully saturated rings. The zero-order chi connectivity index (χ0) is 33.1. The van der Waals surface area contributed by atoms with E-state index in [1.54, 1.807) is 0 Å². The molecular formula is C44H32N4OPt. The van der Waals surface area contributed by atoms with E-state index in [0.717, 1.165) is 77.5 Å². The standard InChI is InChI=1S/C44H32N4O.Pt/c1-44(2,3)30-23-25-46-43(27-30)48-37-15-6-4-12-32(37)33-22-20-31(28-40(33)48)47-38-16-7-9-18-42(38)49-41-17-8-5-13-35(41)34-21-19-29(26-39(34)47)36-14-10-11-24-45-36;/h4-25,27H,1-3H3;/q-2;+2. The van der Waals surface area contributed by atoms with Crippen LogP contribution in [0.1, 0.15) is 26.3 Å². The number of nitrogens with zero attached hydrogens (tertiary/aromatic N) is 4. The Kier molecular flexibility index (Phi) is 7.89. The maximum atomic E-state index is 6.68. The Balaban J connectivity index is 0.00000361. The summed E-state index contributed by atoms with van der Waals surface area (Å²) in [5, 5.41) is 4.24. The van der Waals surface area contributed by atoms with E-state index in [4.69, 9.17) is 9.40 Å². The Morgan fingerprint density at radius 1 is 0.560 bits per heavy atom. The minimum atomic E-state index is -0.0270. The number of hydrogen-bond acceptors (Lipinski definition) is 3. The molecule has 50 heavy (non-hydrogen) atoms. The summed E-state index contributed by atoms with van der Waals surface area (Å²) in [6.45, 7) is 6.69. The van der Waals surface area contributed by atoms with E-state index >= 15 is 0 Å². The Labute approximate surface area is 304 Å². The van der Waals surface area contributed by atoms with Crippen molar-refractivity contribution < 1.29 is 25.5 Å². The molecule has 0 spiro atoms. The van der Waals surface area contributed by atoms with Crippen molar-refractivity contribution in [2.24, 2.45) is 0 Å². The molecule has 6 heteroatoms. The molecule has 4 aromatic heterocycles. The Hall–Kier alpha value is -5.51. The first-order valence-corrected chi connectivity index (χ1v) is 16.5. The Bertz CT molecular complexity index is 2770. The van der Waals surface area contributed by atoms with E-state index in [1.165, 1.54) is 5.56 Å². The van der Waals surface area contributed by atoms with Crippen molar-refractivity contribution in [3.05, 3.63) is 157 Å². The minimum absolute atomic E-state index is 0. The van der Waals surface area contributed by atoms with Gasteiger partial charge in [0.2, 0.25) is 0 Å². The van der Waals surface area contributed by atoms with Crippen molar-refractivity contribution in [2.45, 2.75) is 26.2 Å². The van der Waals surface area contributed by atoms with Crippen LogP contribution in [0.4, 0.5) is 0 Å². The van der Waals surface area contributed by atoms with Gasteiger partial charge in [-0.25, -0.2) is 4.98 Å². The number of benzene rings is 5. The van der Waals surface area contributed by atoms with E-state index in [9.17, 15) is 0 Å². The van der Waals surface area contributed by atoms with Crippen molar-refractivity contribution in [2.75, 3.05) is 0 Å². The molecule has 0 saturated heterocycles. The van der Waals surface area contributed by atoms with Crippen molar-refractivity contribution in [1.82, 2.24) is 19.1 Å². The average Bonchev–Trinajstić information content (AvgIpc) is 3.46. The second-order valence-electron chi connectivity index (χ2n) is 13.4. The molecule has 0 N–H and O–H groups in total. The molecule has 0 aliphatic carbocycles. The molecular weight excluding hydrogens is 796 g/mol. The van der Waals surface area contributed by atoms with Crippen molar-refractivity contribution in [3.8, 4) is 22.8 Å². The van der Waals surface area contributed by atoms with Crippen LogP contribution in [-0.4, -0.2) is 19.1 Å². The third-order valence-corrected chi connectivity index (χ3v) is 9.24. The zero-order valence-electron chi connectivity index (χ0n) is 27.8. The molecule has 0 unspecified atom stereocenters. The molecule has 5 nitrogen and oxygen atoms in total. The molecule has 0 atom stereocenters. The normalized spacial score (nSPS) is 11.7. The third kappa shape index (κ3) is 5.30. The number of hydrogen-bond donors (Lipinski definition) is 0. The van der Waals surface area contributed by atoms with Crippen LogP contribution in [-0.2, 0) is 26.5 Å². The first kappa shape index (κ1) is 31.7. The largest absolute Gasteiger partial charge is 2.00 e. The van der Waals surface area contributed by atoms with Crippen molar-refractivity contribution in [3.63, 3.8) is 0 Å². The second kappa shape index (κ2) is 12.4. The summed E-state index contributed by atoms with van der Waals surface area (Å²) >= 11 is 0. The van der Waals surface area contributed by atoms with Gasteiger partial charge in [-0.05, 0) is 75.4 Å². The van der Waals surface area contributed by atoms with Crippen LogP contribution < -0.4 is 0 Å². The van der Waals surface area contributed by atoms with Gasteiger partial charge >= 0.3 is 21.1 Å². The predicted molar refractivity (Wildman–Crippen MR) is 200 cm³/mol. The molecule has 0 saturated carbocycles. The van der Waals surface area contributed by atoms with Crippen LogP contribution >= 0.6 is 0 Å². The number of aromatic nitrogens is 4. The van der Waals surface area contributed by atoms with Gasteiger partial charge in [-0.2, -0.15) is 6.07 Å². The summed E-state index contributed by atoms with van der Waals surface area (Å²) in [6, 6.07) is 51.4. The number of para-hydroxylation sites is 4. The summed E-state index contributed by atoms with van der Waals surface area (Å²) in [5.74, 6) is 0.863. The molecule has 9 rings (SSSR count). The van der Waals surface area contributed by atoms with Gasteiger partial charge < -0.3 is 18.5 Å². The van der Waals surface area contributed by atoms with Gasteiger partial charge in [0.05, 0.1) is 5.52 Å². The predicted octanol–water partition coefficient (Wildman–Crippen LogP) is 11.1. The van der Waals surface area contributed by atoms with E-state index in [1.807, 2.05) is 67.0 Å². The molecule has 244 valence electrons. The third-order valence-electron chi connectivity index (χ3n) is 9.24. The van der Waals surface area contributed by atoms with Crippen LogP contribution in [0, 0.1) is 12.1 Å². The zero-order valence-corrected chi connectivity index (χ0v) is 30.1. The van der Waals surface area contributed by atoms with Gasteiger partial charge in [0.1, 0.15) is 11.4 Å². The molecule has 0 amide bonds.